The molecule has 0 fully saturated rings. The molecule has 8 heteroatoms. The summed E-state index contributed by atoms with van der Waals surface area (Å²) in [5, 5.41) is 11.1. The normalized spacial score (nSPS) is 18.9. The molecule has 2 amide bonds. The van der Waals surface area contributed by atoms with E-state index in [4.69, 9.17) is 9.47 Å². The molecule has 3 aromatic rings. The minimum atomic E-state index is -0.406. The number of amides is 2. The smallest absolute Gasteiger partial charge is 0.409 e. The number of fused-ring (bicyclic) bond motifs is 5. The Morgan fingerprint density at radius 1 is 1.15 bits per heavy atom. The molecular formula is C31H41N3O5. The lowest BCUT2D eigenvalue weighted by Crippen LogP contribution is -2.48. The molecule has 0 spiro atoms. The predicted molar refractivity (Wildman–Crippen MR) is 152 cm³/mol. The van der Waals surface area contributed by atoms with Gasteiger partial charge in [0.15, 0.2) is 0 Å². The highest BCUT2D eigenvalue weighted by atomic mass is 16.6. The third-order valence-corrected chi connectivity index (χ3v) is 7.53. The molecule has 8 nitrogen and oxygen atoms in total. The topological polar surface area (TPSA) is 84.2 Å². The van der Waals surface area contributed by atoms with Crippen LogP contribution in [0.3, 0.4) is 0 Å². The number of carbonyl (C=O) groups is 2. The Hall–Kier alpha value is -3.36. The minimum Gasteiger partial charge on any atom is -0.449 e. The fourth-order valence-electron chi connectivity index (χ4n) is 5.22. The molecule has 0 aliphatic carbocycles. The van der Waals surface area contributed by atoms with Crippen LogP contribution in [0.5, 0.6) is 0 Å². The van der Waals surface area contributed by atoms with Crippen molar-refractivity contribution < 1.29 is 24.2 Å². The van der Waals surface area contributed by atoms with Gasteiger partial charge in [-0.2, -0.15) is 0 Å². The average molecular weight is 536 g/mol. The highest BCUT2D eigenvalue weighted by Gasteiger charge is 2.34. The van der Waals surface area contributed by atoms with Gasteiger partial charge in [0.25, 0.3) is 5.91 Å². The fraction of sp³-hybridized carbons (Fsp3) is 0.484. The first-order chi connectivity index (χ1) is 18.6. The van der Waals surface area contributed by atoms with Gasteiger partial charge in [-0.25, -0.2) is 4.79 Å². The molecule has 1 N–H and O–H groups in total. The van der Waals surface area contributed by atoms with Crippen LogP contribution in [0.25, 0.3) is 22.0 Å². The maximum absolute atomic E-state index is 14.4. The third-order valence-electron chi connectivity index (χ3n) is 7.53. The van der Waals surface area contributed by atoms with Gasteiger partial charge in [0.2, 0.25) is 0 Å². The van der Waals surface area contributed by atoms with E-state index in [9.17, 15) is 14.7 Å². The summed E-state index contributed by atoms with van der Waals surface area (Å²) in [5.74, 6) is -0.0346. The predicted octanol–water partition coefficient (Wildman–Crippen LogP) is 4.93. The number of hydrogen-bond donors (Lipinski definition) is 1. The van der Waals surface area contributed by atoms with Gasteiger partial charge < -0.3 is 28.9 Å². The quantitative estimate of drug-likeness (QED) is 0.484. The lowest BCUT2D eigenvalue weighted by atomic mass is 9.96. The molecule has 0 saturated carbocycles. The summed E-state index contributed by atoms with van der Waals surface area (Å²) in [4.78, 5) is 30.3. The number of carbonyl (C=O) groups excluding carboxylic acids is 2. The van der Waals surface area contributed by atoms with Crippen molar-refractivity contribution >= 4 is 22.9 Å². The Balaban J connectivity index is 1.80. The second-order valence-electron chi connectivity index (χ2n) is 11.1. The van der Waals surface area contributed by atoms with E-state index in [0.717, 1.165) is 27.6 Å². The molecule has 1 aliphatic heterocycles. The van der Waals surface area contributed by atoms with Crippen LogP contribution in [0.15, 0.2) is 48.5 Å². The van der Waals surface area contributed by atoms with Crippen molar-refractivity contribution in [3.05, 3.63) is 59.8 Å². The molecule has 0 bridgehead atoms. The van der Waals surface area contributed by atoms with Crippen molar-refractivity contribution in [1.29, 1.82) is 0 Å². The van der Waals surface area contributed by atoms with Crippen molar-refractivity contribution in [3.8, 4) is 11.1 Å². The summed E-state index contributed by atoms with van der Waals surface area (Å²) >= 11 is 0. The standard InChI is InChI=1S/C31H41N3O5/c1-20(2)18-39-31(37)32(5)16-27-21(3)15-34(22(4)17-35)30(36)29-28(24-12-8-7-11-23(24)19-38-27)25-13-9-10-14-26(25)33(29)6/h7-14,20-22,27,35H,15-19H2,1-6H3/t21-,22-,27+/m1/s1. The van der Waals surface area contributed by atoms with E-state index in [2.05, 4.69) is 0 Å². The van der Waals surface area contributed by atoms with Crippen LogP contribution in [0.2, 0.25) is 0 Å². The minimum absolute atomic E-state index is 0.133. The summed E-state index contributed by atoms with van der Waals surface area (Å²) in [6, 6.07) is 15.6. The third kappa shape index (κ3) is 5.97. The van der Waals surface area contributed by atoms with Gasteiger partial charge in [-0.3, -0.25) is 4.79 Å². The van der Waals surface area contributed by atoms with Gasteiger partial charge >= 0.3 is 6.09 Å². The number of para-hydroxylation sites is 1. The van der Waals surface area contributed by atoms with Crippen LogP contribution in [-0.4, -0.2) is 77.0 Å². The number of aliphatic hydroxyl groups is 1. The van der Waals surface area contributed by atoms with Gasteiger partial charge in [-0.15, -0.1) is 0 Å². The van der Waals surface area contributed by atoms with E-state index in [0.29, 0.717) is 32.0 Å². The van der Waals surface area contributed by atoms with E-state index >= 15 is 0 Å². The van der Waals surface area contributed by atoms with Gasteiger partial charge in [-0.05, 0) is 30.0 Å². The number of aryl methyl sites for hydroxylation is 1. The van der Waals surface area contributed by atoms with Gasteiger partial charge in [0, 0.05) is 43.0 Å². The highest BCUT2D eigenvalue weighted by molar-refractivity contribution is 6.10. The molecule has 2 aromatic carbocycles. The number of likely N-dealkylation sites (N-methyl/N-ethyl adjacent to an activating group) is 1. The van der Waals surface area contributed by atoms with E-state index in [1.807, 2.05) is 87.8 Å². The number of aromatic nitrogens is 1. The molecule has 4 rings (SSSR count). The van der Waals surface area contributed by atoms with Crippen molar-refractivity contribution in [2.75, 3.05) is 33.4 Å². The molecule has 210 valence electrons. The Labute approximate surface area is 231 Å². The zero-order chi connectivity index (χ0) is 28.3. The number of nitrogens with zero attached hydrogens (tertiary/aromatic N) is 3. The van der Waals surface area contributed by atoms with Gasteiger partial charge in [0.1, 0.15) is 5.69 Å². The van der Waals surface area contributed by atoms with Gasteiger partial charge in [0.05, 0.1) is 38.5 Å². The maximum atomic E-state index is 14.4. The van der Waals surface area contributed by atoms with E-state index in [1.165, 1.54) is 0 Å². The zero-order valence-electron chi connectivity index (χ0n) is 23.9. The second kappa shape index (κ2) is 12.2. The Bertz CT molecular complexity index is 1320. The average Bonchev–Trinajstić information content (AvgIpc) is 3.22. The summed E-state index contributed by atoms with van der Waals surface area (Å²) < 4.78 is 13.9. The molecule has 0 radical (unpaired) electrons. The Morgan fingerprint density at radius 2 is 1.85 bits per heavy atom. The molecule has 2 heterocycles. The fourth-order valence-corrected chi connectivity index (χ4v) is 5.22. The molecule has 1 aromatic heterocycles. The number of benzene rings is 2. The van der Waals surface area contributed by atoms with Crippen LogP contribution < -0.4 is 0 Å². The van der Waals surface area contributed by atoms with E-state index in [-0.39, 0.29) is 30.5 Å². The summed E-state index contributed by atoms with van der Waals surface area (Å²) in [6.07, 6.45) is -0.765. The number of ether oxygens (including phenoxy) is 2. The van der Waals surface area contributed by atoms with Crippen molar-refractivity contribution in [2.24, 2.45) is 18.9 Å². The maximum Gasteiger partial charge on any atom is 0.409 e. The molecular weight excluding hydrogens is 494 g/mol. The summed E-state index contributed by atoms with van der Waals surface area (Å²) in [7, 11) is 3.63. The van der Waals surface area contributed by atoms with Crippen LogP contribution in [-0.2, 0) is 23.1 Å². The first-order valence-corrected chi connectivity index (χ1v) is 13.7. The largest absolute Gasteiger partial charge is 0.449 e. The molecule has 3 atom stereocenters. The van der Waals surface area contributed by atoms with Gasteiger partial charge in [-0.1, -0.05) is 63.2 Å². The number of rotatable bonds is 6. The highest BCUT2D eigenvalue weighted by Crippen LogP contribution is 2.38. The molecule has 39 heavy (non-hydrogen) atoms. The summed E-state index contributed by atoms with van der Waals surface area (Å²) in [6.45, 7) is 9.04. The van der Waals surface area contributed by atoms with Crippen molar-refractivity contribution in [1.82, 2.24) is 14.4 Å². The second-order valence-corrected chi connectivity index (χ2v) is 11.1. The van der Waals surface area contributed by atoms with Crippen molar-refractivity contribution in [2.45, 2.75) is 46.4 Å². The molecule has 0 saturated heterocycles. The Morgan fingerprint density at radius 3 is 2.56 bits per heavy atom. The monoisotopic (exact) mass is 535 g/mol. The van der Waals surface area contributed by atoms with Crippen LogP contribution in [0, 0.1) is 11.8 Å². The SMILES string of the molecule is CC(C)COC(=O)N(C)C[C@@H]1OCc2ccccc2-c2c(n(C)c3ccccc23)C(=O)N([C@H](C)CO)C[C@H]1C. The lowest BCUT2D eigenvalue weighted by Gasteiger charge is -2.35. The first-order valence-electron chi connectivity index (χ1n) is 13.7. The van der Waals surface area contributed by atoms with Crippen LogP contribution >= 0.6 is 0 Å². The van der Waals surface area contributed by atoms with Crippen LogP contribution in [0.4, 0.5) is 4.79 Å². The van der Waals surface area contributed by atoms with Crippen LogP contribution in [0.1, 0.15) is 43.7 Å². The van der Waals surface area contributed by atoms with E-state index in [1.54, 1.807) is 16.8 Å². The zero-order valence-corrected chi connectivity index (χ0v) is 23.9. The first kappa shape index (κ1) is 28.6. The summed E-state index contributed by atoms with van der Waals surface area (Å²) in [5.41, 5.74) is 4.32. The molecule has 0 unspecified atom stereocenters. The van der Waals surface area contributed by atoms with E-state index < -0.39 is 12.1 Å². The lowest BCUT2D eigenvalue weighted by molar-refractivity contribution is -0.0235. The number of hydrogen-bond acceptors (Lipinski definition) is 5. The molecule has 1 aliphatic rings. The number of aliphatic hydroxyl groups excluding tert-OH is 1. The Kier molecular flexibility index (Phi) is 8.97. The van der Waals surface area contributed by atoms with Crippen molar-refractivity contribution in [3.63, 3.8) is 0 Å².